The predicted octanol–water partition coefficient (Wildman–Crippen LogP) is 1.24. The number of piperazine rings is 1. The van der Waals surface area contributed by atoms with Crippen LogP contribution in [-0.4, -0.2) is 65.8 Å². The van der Waals surface area contributed by atoms with E-state index in [1.807, 2.05) is 6.92 Å². The molecule has 1 saturated heterocycles. The van der Waals surface area contributed by atoms with E-state index in [4.69, 9.17) is 0 Å². The fourth-order valence-corrected chi connectivity index (χ4v) is 2.25. The summed E-state index contributed by atoms with van der Waals surface area (Å²) in [5.41, 5.74) is 0. The predicted molar refractivity (Wildman–Crippen MR) is 64.6 cm³/mol. The molecule has 7 heteroatoms. The van der Waals surface area contributed by atoms with Gasteiger partial charge in [0.1, 0.15) is 0 Å². The summed E-state index contributed by atoms with van der Waals surface area (Å²) in [4.78, 5) is 15.2. The molecule has 0 radical (unpaired) electrons. The van der Waals surface area contributed by atoms with Crippen molar-refractivity contribution in [3.05, 3.63) is 0 Å². The number of halogens is 3. The largest absolute Gasteiger partial charge is 0.395 e. The lowest BCUT2D eigenvalue weighted by molar-refractivity contribution is -0.150. The lowest BCUT2D eigenvalue weighted by Gasteiger charge is -2.38. The quantitative estimate of drug-likeness (QED) is 0.825. The van der Waals surface area contributed by atoms with Crippen molar-refractivity contribution in [3.63, 3.8) is 0 Å². The van der Waals surface area contributed by atoms with Crippen LogP contribution in [0.2, 0.25) is 0 Å². The second kappa shape index (κ2) is 7.09. The molecule has 1 amide bonds. The van der Waals surface area contributed by atoms with E-state index in [0.29, 0.717) is 26.2 Å². The number of aliphatic hydroxyl groups is 1. The molecule has 1 heterocycles. The van der Waals surface area contributed by atoms with Gasteiger partial charge in [-0.3, -0.25) is 9.69 Å². The molecule has 112 valence electrons. The summed E-state index contributed by atoms with van der Waals surface area (Å²) in [6.45, 7) is 4.13. The molecule has 1 N–H and O–H groups in total. The summed E-state index contributed by atoms with van der Waals surface area (Å²) >= 11 is 0. The minimum absolute atomic E-state index is 0.0680. The zero-order valence-corrected chi connectivity index (χ0v) is 11.1. The monoisotopic (exact) mass is 282 g/mol. The lowest BCUT2D eigenvalue weighted by atomic mass is 10.1. The SMILES string of the molecule is CC[C@H](CO)N1CCN(C(=O)CCC(F)(F)F)CC1. The van der Waals surface area contributed by atoms with E-state index in [1.54, 1.807) is 0 Å². The van der Waals surface area contributed by atoms with Crippen molar-refractivity contribution in [1.29, 1.82) is 0 Å². The van der Waals surface area contributed by atoms with E-state index >= 15 is 0 Å². The van der Waals surface area contributed by atoms with Crippen LogP contribution in [0, 0.1) is 0 Å². The van der Waals surface area contributed by atoms with Gasteiger partial charge < -0.3 is 10.0 Å². The van der Waals surface area contributed by atoms with Gasteiger partial charge >= 0.3 is 6.18 Å². The van der Waals surface area contributed by atoms with Crippen LogP contribution in [0.25, 0.3) is 0 Å². The molecule has 1 fully saturated rings. The molecule has 0 bridgehead atoms. The molecule has 0 aliphatic carbocycles. The molecule has 0 aromatic heterocycles. The highest BCUT2D eigenvalue weighted by atomic mass is 19.4. The van der Waals surface area contributed by atoms with Crippen LogP contribution in [-0.2, 0) is 4.79 Å². The number of nitrogens with zero attached hydrogens (tertiary/aromatic N) is 2. The Labute approximate surface area is 111 Å². The maximum absolute atomic E-state index is 12.0. The average molecular weight is 282 g/mol. The van der Waals surface area contributed by atoms with Crippen molar-refractivity contribution in [2.75, 3.05) is 32.8 Å². The van der Waals surface area contributed by atoms with Gasteiger partial charge in [-0.05, 0) is 6.42 Å². The van der Waals surface area contributed by atoms with Gasteiger partial charge in [-0.1, -0.05) is 6.92 Å². The summed E-state index contributed by atoms with van der Waals surface area (Å²) < 4.78 is 36.1. The number of hydrogen-bond acceptors (Lipinski definition) is 3. The van der Waals surface area contributed by atoms with Gasteiger partial charge in [-0.2, -0.15) is 13.2 Å². The molecule has 1 aliphatic heterocycles. The van der Waals surface area contributed by atoms with Crippen molar-refractivity contribution in [1.82, 2.24) is 9.80 Å². The summed E-state index contributed by atoms with van der Waals surface area (Å²) in [6.07, 6.45) is -4.98. The Hall–Kier alpha value is -0.820. The first-order valence-electron chi connectivity index (χ1n) is 6.56. The number of amides is 1. The third-order valence-corrected chi connectivity index (χ3v) is 3.49. The van der Waals surface area contributed by atoms with Crippen molar-refractivity contribution in [2.45, 2.75) is 38.4 Å². The van der Waals surface area contributed by atoms with Crippen molar-refractivity contribution < 1.29 is 23.1 Å². The number of aliphatic hydroxyl groups excluding tert-OH is 1. The van der Waals surface area contributed by atoms with Crippen LogP contribution in [0.3, 0.4) is 0 Å². The Morgan fingerprint density at radius 2 is 1.84 bits per heavy atom. The smallest absolute Gasteiger partial charge is 0.389 e. The van der Waals surface area contributed by atoms with Gasteiger partial charge in [0.15, 0.2) is 0 Å². The Morgan fingerprint density at radius 3 is 2.26 bits per heavy atom. The molecule has 4 nitrogen and oxygen atoms in total. The molecule has 19 heavy (non-hydrogen) atoms. The van der Waals surface area contributed by atoms with Crippen LogP contribution < -0.4 is 0 Å². The second-order valence-corrected chi connectivity index (χ2v) is 4.78. The van der Waals surface area contributed by atoms with Gasteiger partial charge in [0.05, 0.1) is 13.0 Å². The Morgan fingerprint density at radius 1 is 1.26 bits per heavy atom. The highest BCUT2D eigenvalue weighted by Gasteiger charge is 2.30. The normalized spacial score (nSPS) is 19.5. The Bertz CT molecular complexity index is 285. The second-order valence-electron chi connectivity index (χ2n) is 4.78. The van der Waals surface area contributed by atoms with Crippen molar-refractivity contribution in [2.24, 2.45) is 0 Å². The first-order chi connectivity index (χ1) is 8.87. The van der Waals surface area contributed by atoms with Crippen LogP contribution in [0.15, 0.2) is 0 Å². The van der Waals surface area contributed by atoms with Crippen LogP contribution in [0.5, 0.6) is 0 Å². The van der Waals surface area contributed by atoms with Crippen LogP contribution in [0.4, 0.5) is 13.2 Å². The molecule has 1 atom stereocenters. The molecule has 0 aromatic rings. The molecular weight excluding hydrogens is 261 g/mol. The summed E-state index contributed by atoms with van der Waals surface area (Å²) in [6, 6.07) is 0.0763. The Kier molecular flexibility index (Phi) is 6.06. The van der Waals surface area contributed by atoms with Gasteiger partial charge in [0, 0.05) is 38.6 Å². The molecule has 1 aliphatic rings. The van der Waals surface area contributed by atoms with Gasteiger partial charge in [0.2, 0.25) is 5.91 Å². The zero-order chi connectivity index (χ0) is 14.5. The third-order valence-electron chi connectivity index (χ3n) is 3.49. The number of rotatable bonds is 5. The van der Waals surface area contributed by atoms with Gasteiger partial charge in [-0.25, -0.2) is 0 Å². The van der Waals surface area contributed by atoms with Crippen molar-refractivity contribution in [3.8, 4) is 0 Å². The zero-order valence-electron chi connectivity index (χ0n) is 11.1. The Balaban J connectivity index is 2.35. The maximum Gasteiger partial charge on any atom is 0.389 e. The number of carbonyl (C=O) groups is 1. The van der Waals surface area contributed by atoms with Gasteiger partial charge in [-0.15, -0.1) is 0 Å². The molecule has 0 spiro atoms. The van der Waals surface area contributed by atoms with E-state index in [2.05, 4.69) is 4.90 Å². The highest BCUT2D eigenvalue weighted by molar-refractivity contribution is 5.76. The van der Waals surface area contributed by atoms with E-state index in [-0.39, 0.29) is 12.6 Å². The average Bonchev–Trinajstić information content (AvgIpc) is 2.37. The third kappa shape index (κ3) is 5.36. The van der Waals surface area contributed by atoms with E-state index < -0.39 is 24.9 Å². The molecule has 0 unspecified atom stereocenters. The summed E-state index contributed by atoms with van der Waals surface area (Å²) in [5, 5.41) is 9.18. The molecule has 0 saturated carbocycles. The summed E-state index contributed by atoms with van der Waals surface area (Å²) in [7, 11) is 0. The lowest BCUT2D eigenvalue weighted by Crippen LogP contribution is -2.52. The van der Waals surface area contributed by atoms with Crippen LogP contribution in [0.1, 0.15) is 26.2 Å². The fraction of sp³-hybridized carbons (Fsp3) is 0.917. The molecular formula is C12H21F3N2O2. The topological polar surface area (TPSA) is 43.8 Å². The summed E-state index contributed by atoms with van der Waals surface area (Å²) in [5.74, 6) is -0.436. The fourth-order valence-electron chi connectivity index (χ4n) is 2.25. The molecule has 0 aromatic carbocycles. The van der Waals surface area contributed by atoms with Crippen molar-refractivity contribution >= 4 is 5.91 Å². The highest BCUT2D eigenvalue weighted by Crippen LogP contribution is 2.22. The molecule has 1 rings (SSSR count). The number of carbonyl (C=O) groups excluding carboxylic acids is 1. The van der Waals surface area contributed by atoms with Crippen LogP contribution >= 0.6 is 0 Å². The number of hydrogen-bond donors (Lipinski definition) is 1. The van der Waals surface area contributed by atoms with Gasteiger partial charge in [0.25, 0.3) is 0 Å². The van der Waals surface area contributed by atoms with E-state index in [9.17, 15) is 23.1 Å². The first-order valence-corrected chi connectivity index (χ1v) is 6.56. The standard InChI is InChI=1S/C12H21F3N2O2/c1-2-10(9-18)16-5-7-17(8-6-16)11(19)3-4-12(13,14)15/h10,18H,2-9H2,1H3/t10-/m1/s1. The first kappa shape index (κ1) is 16.2. The minimum atomic E-state index is -4.28. The number of alkyl halides is 3. The minimum Gasteiger partial charge on any atom is -0.395 e. The van der Waals surface area contributed by atoms with E-state index in [0.717, 1.165) is 6.42 Å². The van der Waals surface area contributed by atoms with E-state index in [1.165, 1.54) is 4.90 Å². The maximum atomic E-state index is 12.0.